The highest BCUT2D eigenvalue weighted by molar-refractivity contribution is 5.45. The number of aryl methyl sites for hydroxylation is 1. The Labute approximate surface area is 163 Å². The maximum atomic E-state index is 10.6. The Morgan fingerprint density at radius 2 is 1.26 bits per heavy atom. The Bertz CT molecular complexity index is 764. The number of phenols is 2. The van der Waals surface area contributed by atoms with Crippen LogP contribution in [0.3, 0.4) is 0 Å². The summed E-state index contributed by atoms with van der Waals surface area (Å²) in [7, 11) is 0. The molecule has 0 amide bonds. The first-order chi connectivity index (χ1) is 13.1. The average molecular weight is 365 g/mol. The molecule has 0 atom stereocenters. The smallest absolute Gasteiger partial charge is 0.119 e. The standard InChI is InChI=1S/C25H32O2/c1-17-15-25(27)24(20-5-3-2-4-6-20)16-23(17)21-9-7-18(8-10-21)19-11-13-22(26)14-12-19/h11-16,18,20-21,26-27H,2-10H2,1H3. The molecule has 0 aliphatic heterocycles. The van der Waals surface area contributed by atoms with E-state index in [-0.39, 0.29) is 0 Å². The maximum absolute atomic E-state index is 10.6. The van der Waals surface area contributed by atoms with Gasteiger partial charge in [0.2, 0.25) is 0 Å². The monoisotopic (exact) mass is 364 g/mol. The lowest BCUT2D eigenvalue weighted by Crippen LogP contribution is -2.14. The Morgan fingerprint density at radius 1 is 0.667 bits per heavy atom. The normalized spacial score (nSPS) is 24.0. The molecule has 0 unspecified atom stereocenters. The first-order valence-corrected chi connectivity index (χ1v) is 10.7. The summed E-state index contributed by atoms with van der Waals surface area (Å²) in [6.07, 6.45) is 11.2. The van der Waals surface area contributed by atoms with Gasteiger partial charge in [-0.25, -0.2) is 0 Å². The fraction of sp³-hybridized carbons (Fsp3) is 0.520. The zero-order chi connectivity index (χ0) is 18.8. The first kappa shape index (κ1) is 18.4. The summed E-state index contributed by atoms with van der Waals surface area (Å²) in [5, 5.41) is 20.1. The molecule has 144 valence electrons. The maximum Gasteiger partial charge on any atom is 0.119 e. The Balaban J connectivity index is 1.49. The highest BCUT2D eigenvalue weighted by atomic mass is 16.3. The van der Waals surface area contributed by atoms with Crippen LogP contribution in [0.2, 0.25) is 0 Å². The number of aromatic hydroxyl groups is 2. The van der Waals surface area contributed by atoms with E-state index in [1.54, 1.807) is 0 Å². The Morgan fingerprint density at radius 3 is 1.93 bits per heavy atom. The number of rotatable bonds is 3. The molecule has 2 N–H and O–H groups in total. The summed E-state index contributed by atoms with van der Waals surface area (Å²) in [5.74, 6) is 2.63. The van der Waals surface area contributed by atoms with E-state index in [9.17, 15) is 10.2 Å². The second-order valence-electron chi connectivity index (χ2n) is 8.74. The number of benzene rings is 2. The molecule has 0 bridgehead atoms. The molecular weight excluding hydrogens is 332 g/mol. The minimum absolute atomic E-state index is 0.349. The van der Waals surface area contributed by atoms with Gasteiger partial charge >= 0.3 is 0 Å². The summed E-state index contributed by atoms with van der Waals surface area (Å²) in [5.41, 5.74) is 5.28. The quantitative estimate of drug-likeness (QED) is 0.622. The third-order valence-electron chi connectivity index (χ3n) is 6.99. The Hall–Kier alpha value is -1.96. The van der Waals surface area contributed by atoms with Gasteiger partial charge in [0.1, 0.15) is 11.5 Å². The molecule has 2 aliphatic rings. The summed E-state index contributed by atoms with van der Waals surface area (Å²) in [6, 6.07) is 12.1. The molecule has 2 aliphatic carbocycles. The zero-order valence-corrected chi connectivity index (χ0v) is 16.5. The summed E-state index contributed by atoms with van der Waals surface area (Å²) >= 11 is 0. The zero-order valence-electron chi connectivity index (χ0n) is 16.5. The van der Waals surface area contributed by atoms with Crippen molar-refractivity contribution in [2.45, 2.75) is 82.5 Å². The van der Waals surface area contributed by atoms with Crippen LogP contribution in [-0.2, 0) is 0 Å². The van der Waals surface area contributed by atoms with Crippen molar-refractivity contribution >= 4 is 0 Å². The van der Waals surface area contributed by atoms with Gasteiger partial charge in [-0.3, -0.25) is 0 Å². The van der Waals surface area contributed by atoms with Crippen LogP contribution in [0.1, 0.15) is 97.8 Å². The van der Waals surface area contributed by atoms with E-state index in [1.165, 1.54) is 80.0 Å². The predicted molar refractivity (Wildman–Crippen MR) is 111 cm³/mol. The summed E-state index contributed by atoms with van der Waals surface area (Å²) in [6.45, 7) is 2.16. The fourth-order valence-corrected chi connectivity index (χ4v) is 5.39. The molecule has 2 heteroatoms. The molecule has 2 nitrogen and oxygen atoms in total. The molecule has 27 heavy (non-hydrogen) atoms. The van der Waals surface area contributed by atoms with Gasteiger partial charge in [-0.1, -0.05) is 37.5 Å². The SMILES string of the molecule is Cc1cc(O)c(C2CCCCC2)cc1C1CCC(c2ccc(O)cc2)CC1. The number of hydrogen-bond donors (Lipinski definition) is 2. The Kier molecular flexibility index (Phi) is 5.43. The molecule has 2 aromatic carbocycles. The fourth-order valence-electron chi connectivity index (χ4n) is 5.39. The molecule has 2 fully saturated rings. The predicted octanol–water partition coefficient (Wildman–Crippen LogP) is 6.90. The van der Waals surface area contributed by atoms with E-state index >= 15 is 0 Å². The van der Waals surface area contributed by atoms with E-state index in [2.05, 4.69) is 25.1 Å². The van der Waals surface area contributed by atoms with Crippen LogP contribution in [-0.4, -0.2) is 10.2 Å². The second kappa shape index (κ2) is 7.96. The summed E-state index contributed by atoms with van der Waals surface area (Å²) in [4.78, 5) is 0. The molecule has 0 heterocycles. The largest absolute Gasteiger partial charge is 0.508 e. The molecule has 0 saturated heterocycles. The van der Waals surface area contributed by atoms with E-state index in [1.807, 2.05) is 18.2 Å². The molecule has 0 spiro atoms. The molecular formula is C25H32O2. The van der Waals surface area contributed by atoms with Crippen molar-refractivity contribution in [1.82, 2.24) is 0 Å². The number of phenolic OH excluding ortho intramolecular Hbond substituents is 2. The van der Waals surface area contributed by atoms with Crippen LogP contribution in [0.25, 0.3) is 0 Å². The minimum atomic E-state index is 0.349. The molecule has 4 rings (SSSR count). The van der Waals surface area contributed by atoms with Crippen molar-refractivity contribution in [2.24, 2.45) is 0 Å². The summed E-state index contributed by atoms with van der Waals surface area (Å²) < 4.78 is 0. The van der Waals surface area contributed by atoms with Gasteiger partial charge in [-0.15, -0.1) is 0 Å². The van der Waals surface area contributed by atoms with Crippen LogP contribution in [0.15, 0.2) is 36.4 Å². The van der Waals surface area contributed by atoms with Crippen LogP contribution in [0.5, 0.6) is 11.5 Å². The lowest BCUT2D eigenvalue weighted by atomic mass is 9.74. The van der Waals surface area contributed by atoms with E-state index in [0.717, 1.165) is 0 Å². The van der Waals surface area contributed by atoms with E-state index in [0.29, 0.717) is 29.3 Å². The second-order valence-corrected chi connectivity index (χ2v) is 8.74. The van der Waals surface area contributed by atoms with Crippen molar-refractivity contribution in [3.05, 3.63) is 58.7 Å². The van der Waals surface area contributed by atoms with E-state index < -0.39 is 0 Å². The highest BCUT2D eigenvalue weighted by Gasteiger charge is 2.26. The van der Waals surface area contributed by atoms with Gasteiger partial charge in [0, 0.05) is 0 Å². The van der Waals surface area contributed by atoms with Gasteiger partial charge in [-0.05, 0) is 104 Å². The minimum Gasteiger partial charge on any atom is -0.508 e. The van der Waals surface area contributed by atoms with E-state index in [4.69, 9.17) is 0 Å². The highest BCUT2D eigenvalue weighted by Crippen LogP contribution is 2.44. The van der Waals surface area contributed by atoms with Gasteiger partial charge in [-0.2, -0.15) is 0 Å². The van der Waals surface area contributed by atoms with Crippen LogP contribution < -0.4 is 0 Å². The lowest BCUT2D eigenvalue weighted by Gasteiger charge is -2.31. The molecule has 2 saturated carbocycles. The molecule has 2 aromatic rings. The average Bonchev–Trinajstić information content (AvgIpc) is 2.70. The van der Waals surface area contributed by atoms with Crippen LogP contribution in [0, 0.1) is 6.92 Å². The van der Waals surface area contributed by atoms with Gasteiger partial charge in [0.25, 0.3) is 0 Å². The topological polar surface area (TPSA) is 40.5 Å². The van der Waals surface area contributed by atoms with Crippen LogP contribution >= 0.6 is 0 Å². The molecule has 0 radical (unpaired) electrons. The van der Waals surface area contributed by atoms with Crippen LogP contribution in [0.4, 0.5) is 0 Å². The van der Waals surface area contributed by atoms with Gasteiger partial charge in [0.15, 0.2) is 0 Å². The van der Waals surface area contributed by atoms with Gasteiger partial charge in [0.05, 0.1) is 0 Å². The third kappa shape index (κ3) is 4.00. The van der Waals surface area contributed by atoms with Crippen molar-refractivity contribution in [2.75, 3.05) is 0 Å². The first-order valence-electron chi connectivity index (χ1n) is 10.7. The van der Waals surface area contributed by atoms with Crippen molar-refractivity contribution < 1.29 is 10.2 Å². The lowest BCUT2D eigenvalue weighted by molar-refractivity contribution is 0.391. The molecule has 0 aromatic heterocycles. The van der Waals surface area contributed by atoms with Crippen molar-refractivity contribution in [3.63, 3.8) is 0 Å². The van der Waals surface area contributed by atoms with Crippen molar-refractivity contribution in [3.8, 4) is 11.5 Å². The third-order valence-corrected chi connectivity index (χ3v) is 6.99. The number of hydrogen-bond acceptors (Lipinski definition) is 2. The van der Waals surface area contributed by atoms with Gasteiger partial charge < -0.3 is 10.2 Å². The van der Waals surface area contributed by atoms with Crippen molar-refractivity contribution in [1.29, 1.82) is 0 Å².